The molecule has 142 valence electrons. The van der Waals surface area contributed by atoms with E-state index in [1.807, 2.05) is 0 Å². The van der Waals surface area contributed by atoms with Crippen LogP contribution in [0.1, 0.15) is 12.0 Å². The Morgan fingerprint density at radius 2 is 1.92 bits per heavy atom. The van der Waals surface area contributed by atoms with Crippen LogP contribution >= 0.6 is 0 Å². The molecule has 26 heavy (non-hydrogen) atoms. The molecule has 0 fully saturated rings. The van der Waals surface area contributed by atoms with Crippen LogP contribution in [-0.2, 0) is 20.8 Å². The lowest BCUT2D eigenvalue weighted by Gasteiger charge is -2.10. The molecule has 0 aliphatic rings. The first-order valence-corrected chi connectivity index (χ1v) is 9.48. The molecule has 0 aliphatic heterocycles. The molecule has 0 radical (unpaired) electrons. The summed E-state index contributed by atoms with van der Waals surface area (Å²) in [5.41, 5.74) is 5.52. The molecule has 3 N–H and O–H groups in total. The molecule has 1 unspecified atom stereocenters. The number of benzene rings is 1. The summed E-state index contributed by atoms with van der Waals surface area (Å²) in [5, 5.41) is 6.44. The highest BCUT2D eigenvalue weighted by molar-refractivity contribution is 7.90. The van der Waals surface area contributed by atoms with Gasteiger partial charge in [0.05, 0.1) is 41.1 Å². The average Bonchev–Trinajstić information content (AvgIpc) is 2.99. The van der Waals surface area contributed by atoms with Crippen molar-refractivity contribution >= 4 is 21.4 Å². The van der Waals surface area contributed by atoms with Crippen molar-refractivity contribution < 1.29 is 26.4 Å². The number of anilines is 1. The summed E-state index contributed by atoms with van der Waals surface area (Å²) in [5.74, 6) is -0.799. The third-order valence-electron chi connectivity index (χ3n) is 3.45. The molecular formula is C15H17F3N4O3S. The third-order valence-corrected chi connectivity index (χ3v) is 4.42. The van der Waals surface area contributed by atoms with Crippen molar-refractivity contribution in [2.45, 2.75) is 18.6 Å². The molecule has 1 heterocycles. The van der Waals surface area contributed by atoms with E-state index in [0.717, 1.165) is 18.4 Å². The lowest BCUT2D eigenvalue weighted by atomic mass is 10.2. The maximum Gasteiger partial charge on any atom is 0.416 e. The van der Waals surface area contributed by atoms with Gasteiger partial charge in [-0.1, -0.05) is 0 Å². The second-order valence-corrected chi connectivity index (χ2v) is 7.99. The predicted octanol–water partition coefficient (Wildman–Crippen LogP) is 1.59. The number of nitrogens with one attached hydrogen (secondary N) is 1. The number of carbonyl (C=O) groups is 1. The van der Waals surface area contributed by atoms with E-state index >= 15 is 0 Å². The minimum atomic E-state index is -4.43. The van der Waals surface area contributed by atoms with Gasteiger partial charge in [0.2, 0.25) is 5.91 Å². The van der Waals surface area contributed by atoms with E-state index in [4.69, 9.17) is 5.73 Å². The number of nitrogens with two attached hydrogens (primary N) is 1. The Morgan fingerprint density at radius 1 is 1.31 bits per heavy atom. The summed E-state index contributed by atoms with van der Waals surface area (Å²) in [6, 6.07) is 3.34. The Balaban J connectivity index is 2.02. The molecule has 7 nitrogen and oxygen atoms in total. The van der Waals surface area contributed by atoms with Crippen molar-refractivity contribution in [2.24, 2.45) is 5.73 Å². The van der Waals surface area contributed by atoms with Crippen molar-refractivity contribution in [3.8, 4) is 5.69 Å². The Bertz CT molecular complexity index is 876. The van der Waals surface area contributed by atoms with Gasteiger partial charge >= 0.3 is 6.18 Å². The average molecular weight is 390 g/mol. The van der Waals surface area contributed by atoms with Crippen LogP contribution in [0.15, 0.2) is 36.7 Å². The molecule has 1 atom stereocenters. The second-order valence-electron chi connectivity index (χ2n) is 5.73. The van der Waals surface area contributed by atoms with E-state index in [9.17, 15) is 26.4 Å². The largest absolute Gasteiger partial charge is 0.416 e. The molecule has 1 amide bonds. The molecule has 0 spiro atoms. The molecular weight excluding hydrogens is 373 g/mol. The van der Waals surface area contributed by atoms with Crippen LogP contribution < -0.4 is 11.1 Å². The van der Waals surface area contributed by atoms with Gasteiger partial charge in [-0.3, -0.25) is 4.79 Å². The van der Waals surface area contributed by atoms with Crippen LogP contribution in [0.4, 0.5) is 18.9 Å². The van der Waals surface area contributed by atoms with Crippen molar-refractivity contribution in [2.75, 3.05) is 17.3 Å². The van der Waals surface area contributed by atoms with Gasteiger partial charge in [-0.2, -0.15) is 18.3 Å². The Morgan fingerprint density at radius 3 is 2.46 bits per heavy atom. The maximum atomic E-state index is 12.6. The summed E-state index contributed by atoms with van der Waals surface area (Å²) < 4.78 is 61.2. The number of alkyl halides is 3. The molecule has 1 aromatic carbocycles. The monoisotopic (exact) mass is 390 g/mol. The lowest BCUT2D eigenvalue weighted by Crippen LogP contribution is -2.37. The van der Waals surface area contributed by atoms with Gasteiger partial charge in [-0.05, 0) is 30.7 Å². The molecule has 0 saturated heterocycles. The molecule has 0 saturated carbocycles. The molecule has 2 rings (SSSR count). The zero-order valence-corrected chi connectivity index (χ0v) is 14.5. The Labute approximate surface area is 147 Å². The van der Waals surface area contributed by atoms with E-state index in [0.29, 0.717) is 5.69 Å². The number of halogens is 3. The number of amides is 1. The summed E-state index contributed by atoms with van der Waals surface area (Å²) in [6.45, 7) is 0. The van der Waals surface area contributed by atoms with Crippen molar-refractivity contribution in [3.05, 3.63) is 42.2 Å². The van der Waals surface area contributed by atoms with Crippen LogP contribution in [0.3, 0.4) is 0 Å². The van der Waals surface area contributed by atoms with Gasteiger partial charge in [0.15, 0.2) is 0 Å². The van der Waals surface area contributed by atoms with Gasteiger partial charge in [0.25, 0.3) is 0 Å². The number of hydrogen-bond acceptors (Lipinski definition) is 5. The predicted molar refractivity (Wildman–Crippen MR) is 89.5 cm³/mol. The van der Waals surface area contributed by atoms with E-state index in [1.54, 1.807) is 0 Å². The van der Waals surface area contributed by atoms with Crippen LogP contribution in [-0.4, -0.2) is 42.2 Å². The first-order valence-electron chi connectivity index (χ1n) is 7.42. The highest BCUT2D eigenvalue weighted by atomic mass is 32.2. The SMILES string of the molecule is CS(=O)(=O)CCC(N)C(=O)Nc1cnn(-c2ccc(C(F)(F)F)cc2)c1. The van der Waals surface area contributed by atoms with E-state index < -0.39 is 33.5 Å². The number of sulfone groups is 1. The standard InChI is InChI=1S/C15H17F3N4O3S/c1-26(24,25)7-6-13(19)14(23)21-11-8-20-22(9-11)12-4-2-10(3-5-12)15(16,17)18/h2-5,8-9,13H,6-7,19H2,1H3,(H,21,23). The smallest absolute Gasteiger partial charge is 0.322 e. The number of aromatic nitrogens is 2. The normalized spacial score (nSPS) is 13.4. The first kappa shape index (κ1) is 19.9. The minimum Gasteiger partial charge on any atom is -0.322 e. The van der Waals surface area contributed by atoms with Gasteiger partial charge in [-0.25, -0.2) is 13.1 Å². The van der Waals surface area contributed by atoms with Crippen LogP contribution in [0.2, 0.25) is 0 Å². The summed E-state index contributed by atoms with van der Waals surface area (Å²) >= 11 is 0. The number of nitrogens with zero attached hydrogens (tertiary/aromatic N) is 2. The zero-order valence-electron chi connectivity index (χ0n) is 13.7. The van der Waals surface area contributed by atoms with Gasteiger partial charge in [-0.15, -0.1) is 0 Å². The van der Waals surface area contributed by atoms with Gasteiger partial charge in [0, 0.05) is 6.26 Å². The number of carbonyl (C=O) groups excluding carboxylic acids is 1. The second kappa shape index (κ2) is 7.46. The maximum absolute atomic E-state index is 12.6. The topological polar surface area (TPSA) is 107 Å². The lowest BCUT2D eigenvalue weighted by molar-refractivity contribution is -0.137. The van der Waals surface area contributed by atoms with E-state index in [2.05, 4.69) is 10.4 Å². The van der Waals surface area contributed by atoms with Gasteiger partial charge in [0.1, 0.15) is 9.84 Å². The third kappa shape index (κ3) is 5.56. The zero-order chi connectivity index (χ0) is 19.5. The quantitative estimate of drug-likeness (QED) is 0.779. The fourth-order valence-electron chi connectivity index (χ4n) is 2.04. The fourth-order valence-corrected chi connectivity index (χ4v) is 2.72. The number of rotatable bonds is 6. The summed E-state index contributed by atoms with van der Waals surface area (Å²) in [4.78, 5) is 11.9. The first-order chi connectivity index (χ1) is 12.0. The van der Waals surface area contributed by atoms with Crippen LogP contribution in [0.25, 0.3) is 5.69 Å². The minimum absolute atomic E-state index is 0.0301. The van der Waals surface area contributed by atoms with Crippen molar-refractivity contribution in [3.63, 3.8) is 0 Å². The van der Waals surface area contributed by atoms with Crippen LogP contribution in [0.5, 0.6) is 0 Å². The Kier molecular flexibility index (Phi) is 5.71. The molecule has 0 aliphatic carbocycles. The van der Waals surface area contributed by atoms with Crippen molar-refractivity contribution in [1.29, 1.82) is 0 Å². The fraction of sp³-hybridized carbons (Fsp3) is 0.333. The summed E-state index contributed by atoms with van der Waals surface area (Å²) in [7, 11) is -3.23. The Hall–Kier alpha value is -2.40. The van der Waals surface area contributed by atoms with E-state index in [1.165, 1.54) is 29.2 Å². The number of hydrogen-bond donors (Lipinski definition) is 2. The molecule has 0 bridgehead atoms. The molecule has 2 aromatic rings. The highest BCUT2D eigenvalue weighted by Gasteiger charge is 2.30. The summed E-state index contributed by atoms with van der Waals surface area (Å²) in [6.07, 6.45) is -0.698. The van der Waals surface area contributed by atoms with E-state index in [-0.39, 0.29) is 17.9 Å². The van der Waals surface area contributed by atoms with Gasteiger partial charge < -0.3 is 11.1 Å². The molecule has 1 aromatic heterocycles. The van der Waals surface area contributed by atoms with Crippen molar-refractivity contribution in [1.82, 2.24) is 9.78 Å². The molecule has 11 heteroatoms. The highest BCUT2D eigenvalue weighted by Crippen LogP contribution is 2.29. The van der Waals surface area contributed by atoms with Crippen LogP contribution in [0, 0.1) is 0 Å².